The fourth-order valence-corrected chi connectivity index (χ4v) is 2.56. The molecule has 5 heteroatoms. The minimum atomic E-state index is -0.143. The van der Waals surface area contributed by atoms with Gasteiger partial charge in [-0.2, -0.15) is 0 Å². The number of rotatable bonds is 1. The van der Waals surface area contributed by atoms with Gasteiger partial charge >= 0.3 is 0 Å². The molecule has 78 valence electrons. The molecule has 0 bridgehead atoms. The number of carbonyl (C=O) groups is 1. The van der Waals surface area contributed by atoms with Gasteiger partial charge in [0.1, 0.15) is 4.71 Å². The van der Waals surface area contributed by atoms with Crippen LogP contribution in [0.4, 0.5) is 0 Å². The van der Waals surface area contributed by atoms with Crippen LogP contribution in [-0.2, 0) is 4.79 Å². The molecule has 0 aliphatic carbocycles. The van der Waals surface area contributed by atoms with E-state index in [2.05, 4.69) is 17.9 Å². The number of nitrogens with one attached hydrogen (secondary N) is 1. The summed E-state index contributed by atoms with van der Waals surface area (Å²) >= 11 is 11.3. The summed E-state index contributed by atoms with van der Waals surface area (Å²) in [6.45, 7) is 0. The SMILES string of the molecule is O=C1NC(S)S/C1=C\c1ccc(Cl)cc1. The average Bonchev–Trinajstić information content (AvgIpc) is 2.49. The van der Waals surface area contributed by atoms with Gasteiger partial charge in [0.25, 0.3) is 5.91 Å². The van der Waals surface area contributed by atoms with Crippen molar-refractivity contribution < 1.29 is 4.79 Å². The molecule has 0 radical (unpaired) electrons. The summed E-state index contributed by atoms with van der Waals surface area (Å²) in [5, 5.41) is 3.38. The Kier molecular flexibility index (Phi) is 3.29. The Hall–Kier alpha value is -0.580. The smallest absolute Gasteiger partial charge is 0.259 e. The van der Waals surface area contributed by atoms with E-state index in [0.717, 1.165) is 5.56 Å². The van der Waals surface area contributed by atoms with Crippen molar-refractivity contribution in [2.45, 2.75) is 4.71 Å². The Morgan fingerprint density at radius 2 is 2.07 bits per heavy atom. The molecule has 1 atom stereocenters. The van der Waals surface area contributed by atoms with Crippen LogP contribution in [0.5, 0.6) is 0 Å². The Labute approximate surface area is 102 Å². The lowest BCUT2D eigenvalue weighted by Gasteiger charge is -1.95. The lowest BCUT2D eigenvalue weighted by atomic mass is 10.2. The summed E-state index contributed by atoms with van der Waals surface area (Å²) in [6.07, 6.45) is 1.83. The first-order valence-electron chi connectivity index (χ1n) is 4.28. The minimum Gasteiger partial charge on any atom is -0.331 e. The number of benzene rings is 1. The highest BCUT2D eigenvalue weighted by Gasteiger charge is 2.23. The van der Waals surface area contributed by atoms with Crippen LogP contribution in [0.2, 0.25) is 5.02 Å². The van der Waals surface area contributed by atoms with Gasteiger partial charge in [-0.25, -0.2) is 0 Å². The van der Waals surface area contributed by atoms with Crippen molar-refractivity contribution in [2.75, 3.05) is 0 Å². The number of carbonyl (C=O) groups excluding carboxylic acids is 1. The van der Waals surface area contributed by atoms with Gasteiger partial charge in [0, 0.05) is 5.02 Å². The second kappa shape index (κ2) is 4.51. The summed E-state index contributed by atoms with van der Waals surface area (Å²) in [4.78, 5) is 12.1. The van der Waals surface area contributed by atoms with Crippen molar-refractivity contribution in [3.05, 3.63) is 39.8 Å². The molecule has 1 aromatic carbocycles. The largest absolute Gasteiger partial charge is 0.331 e. The van der Waals surface area contributed by atoms with E-state index in [1.807, 2.05) is 18.2 Å². The highest BCUT2D eigenvalue weighted by Crippen LogP contribution is 2.30. The van der Waals surface area contributed by atoms with Gasteiger partial charge in [0.05, 0.1) is 4.91 Å². The molecule has 1 N–H and O–H groups in total. The van der Waals surface area contributed by atoms with E-state index in [-0.39, 0.29) is 10.6 Å². The molecule has 2 nitrogen and oxygen atoms in total. The third-order valence-electron chi connectivity index (χ3n) is 1.88. The molecule has 1 fully saturated rings. The Morgan fingerprint density at radius 1 is 1.40 bits per heavy atom. The first-order valence-corrected chi connectivity index (χ1v) is 6.05. The highest BCUT2D eigenvalue weighted by molar-refractivity contribution is 8.14. The second-order valence-electron chi connectivity index (χ2n) is 3.00. The van der Waals surface area contributed by atoms with Crippen LogP contribution in [0.15, 0.2) is 29.2 Å². The van der Waals surface area contributed by atoms with Crippen molar-refractivity contribution in [3.8, 4) is 0 Å². The van der Waals surface area contributed by atoms with Gasteiger partial charge < -0.3 is 5.32 Å². The summed E-state index contributed by atoms with van der Waals surface area (Å²) in [5.41, 5.74) is 0.958. The maximum Gasteiger partial charge on any atom is 0.259 e. The molecule has 0 spiro atoms. The molecular formula is C10H8ClNOS2. The van der Waals surface area contributed by atoms with Gasteiger partial charge in [-0.15, -0.1) is 12.6 Å². The van der Waals surface area contributed by atoms with Gasteiger partial charge in [-0.05, 0) is 23.8 Å². The summed E-state index contributed by atoms with van der Waals surface area (Å²) in [7, 11) is 0. The normalized spacial score (nSPS) is 23.2. The first kappa shape index (κ1) is 10.9. The average molecular weight is 258 g/mol. The van der Waals surface area contributed by atoms with E-state index in [1.165, 1.54) is 11.8 Å². The van der Waals surface area contributed by atoms with Crippen LogP contribution in [0.3, 0.4) is 0 Å². The van der Waals surface area contributed by atoms with Gasteiger partial charge in [0.2, 0.25) is 0 Å². The number of hydrogen-bond acceptors (Lipinski definition) is 3. The lowest BCUT2D eigenvalue weighted by molar-refractivity contribution is -0.116. The van der Waals surface area contributed by atoms with Gasteiger partial charge in [-0.3, -0.25) is 4.79 Å². The molecule has 1 aromatic rings. The molecule has 0 aromatic heterocycles. The fourth-order valence-electron chi connectivity index (χ4n) is 1.20. The molecule has 2 rings (SSSR count). The molecule has 1 aliphatic rings. The zero-order valence-electron chi connectivity index (χ0n) is 7.61. The Morgan fingerprint density at radius 3 is 2.60 bits per heavy atom. The third kappa shape index (κ3) is 2.71. The Bertz CT molecular complexity index is 416. The van der Waals surface area contributed by atoms with Crippen LogP contribution >= 0.6 is 36.0 Å². The van der Waals surface area contributed by atoms with E-state index in [1.54, 1.807) is 12.1 Å². The van der Waals surface area contributed by atoms with Crippen LogP contribution in [-0.4, -0.2) is 10.6 Å². The highest BCUT2D eigenvalue weighted by atomic mass is 35.5. The molecule has 1 saturated heterocycles. The van der Waals surface area contributed by atoms with Crippen molar-refractivity contribution in [1.29, 1.82) is 0 Å². The number of amides is 1. The number of halogens is 1. The van der Waals surface area contributed by atoms with Crippen molar-refractivity contribution in [1.82, 2.24) is 5.32 Å². The van der Waals surface area contributed by atoms with Crippen LogP contribution in [0.1, 0.15) is 5.56 Å². The minimum absolute atomic E-state index is 0.0741. The summed E-state index contributed by atoms with van der Waals surface area (Å²) < 4.78 is -0.143. The van der Waals surface area contributed by atoms with Crippen molar-refractivity contribution >= 4 is 48.0 Å². The predicted octanol–water partition coefficient (Wildman–Crippen LogP) is 2.76. The zero-order valence-corrected chi connectivity index (χ0v) is 10.1. The summed E-state index contributed by atoms with van der Waals surface area (Å²) in [5.74, 6) is -0.0741. The third-order valence-corrected chi connectivity index (χ3v) is 3.48. The molecule has 0 saturated carbocycles. The number of thioether (sulfide) groups is 1. The van der Waals surface area contributed by atoms with Crippen LogP contribution in [0, 0.1) is 0 Å². The zero-order chi connectivity index (χ0) is 10.8. The van der Waals surface area contributed by atoms with Crippen LogP contribution in [0.25, 0.3) is 6.08 Å². The van der Waals surface area contributed by atoms with E-state index in [9.17, 15) is 4.79 Å². The van der Waals surface area contributed by atoms with Crippen molar-refractivity contribution in [2.24, 2.45) is 0 Å². The maximum absolute atomic E-state index is 11.4. The molecule has 1 heterocycles. The van der Waals surface area contributed by atoms with E-state index in [4.69, 9.17) is 11.6 Å². The predicted molar refractivity (Wildman–Crippen MR) is 67.9 cm³/mol. The second-order valence-corrected chi connectivity index (χ2v) is 5.45. The Balaban J connectivity index is 2.23. The van der Waals surface area contributed by atoms with E-state index < -0.39 is 0 Å². The summed E-state index contributed by atoms with van der Waals surface area (Å²) in [6, 6.07) is 7.33. The molecule has 1 aliphatic heterocycles. The topological polar surface area (TPSA) is 29.1 Å². The molecular weight excluding hydrogens is 250 g/mol. The molecule has 1 amide bonds. The first-order chi connectivity index (χ1) is 7.15. The monoisotopic (exact) mass is 257 g/mol. The van der Waals surface area contributed by atoms with Gasteiger partial charge in [0.15, 0.2) is 0 Å². The molecule has 15 heavy (non-hydrogen) atoms. The number of thiol groups is 1. The number of hydrogen-bond donors (Lipinski definition) is 2. The fraction of sp³-hybridized carbons (Fsp3) is 0.100. The maximum atomic E-state index is 11.4. The van der Waals surface area contributed by atoms with Crippen LogP contribution < -0.4 is 5.32 Å². The van der Waals surface area contributed by atoms with E-state index in [0.29, 0.717) is 9.93 Å². The lowest BCUT2D eigenvalue weighted by Crippen LogP contribution is -2.19. The molecule has 1 unspecified atom stereocenters. The van der Waals surface area contributed by atoms with E-state index >= 15 is 0 Å². The quantitative estimate of drug-likeness (QED) is 0.598. The van der Waals surface area contributed by atoms with Gasteiger partial charge in [-0.1, -0.05) is 35.5 Å². The standard InChI is InChI=1S/C10H8ClNOS2/c11-7-3-1-6(2-4-7)5-8-9(13)12-10(14)15-8/h1-5,10,14H,(H,12,13)/b8-5-. The van der Waals surface area contributed by atoms with Crippen molar-refractivity contribution in [3.63, 3.8) is 0 Å².